The van der Waals surface area contributed by atoms with Crippen molar-refractivity contribution in [2.24, 2.45) is 5.92 Å². The molecule has 0 atom stereocenters. The lowest BCUT2D eigenvalue weighted by molar-refractivity contribution is 0.269. The van der Waals surface area contributed by atoms with Crippen LogP contribution >= 0.6 is 27.5 Å². The van der Waals surface area contributed by atoms with Gasteiger partial charge >= 0.3 is 0 Å². The lowest BCUT2D eigenvalue weighted by atomic mass is 10.1. The van der Waals surface area contributed by atoms with E-state index in [9.17, 15) is 0 Å². The van der Waals surface area contributed by atoms with E-state index in [1.165, 1.54) is 0 Å². The smallest absolute Gasteiger partial charge is 0.162 e. The van der Waals surface area contributed by atoms with Gasteiger partial charge in [0, 0.05) is 16.0 Å². The Balaban J connectivity index is 2.10. The number of benzene rings is 2. The second-order valence-electron chi connectivity index (χ2n) is 6.26. The second-order valence-corrected chi connectivity index (χ2v) is 7.55. The molecule has 0 amide bonds. The highest BCUT2D eigenvalue weighted by Gasteiger charge is 2.11. The van der Waals surface area contributed by atoms with Crippen LogP contribution in [0.25, 0.3) is 0 Å². The molecule has 0 fully saturated rings. The van der Waals surface area contributed by atoms with Crippen LogP contribution < -0.4 is 14.8 Å². The first-order valence-corrected chi connectivity index (χ1v) is 9.69. The molecule has 2 aromatic rings. The quantitative estimate of drug-likeness (QED) is 0.547. The summed E-state index contributed by atoms with van der Waals surface area (Å²) in [6, 6.07) is 11.7. The summed E-state index contributed by atoms with van der Waals surface area (Å²) in [6.07, 6.45) is 0. The molecular formula is C20H25BrClNO2. The van der Waals surface area contributed by atoms with Crippen molar-refractivity contribution in [1.82, 2.24) is 5.32 Å². The maximum atomic E-state index is 5.98. The minimum Gasteiger partial charge on any atom is -0.490 e. The predicted molar refractivity (Wildman–Crippen MR) is 108 cm³/mol. The first-order chi connectivity index (χ1) is 12.0. The molecule has 0 bridgehead atoms. The largest absolute Gasteiger partial charge is 0.490 e. The molecule has 0 spiro atoms. The molecule has 0 aromatic heterocycles. The van der Waals surface area contributed by atoms with Crippen LogP contribution in [0, 0.1) is 5.92 Å². The topological polar surface area (TPSA) is 30.5 Å². The number of rotatable bonds is 9. The summed E-state index contributed by atoms with van der Waals surface area (Å²) in [5.41, 5.74) is 2.22. The van der Waals surface area contributed by atoms with E-state index in [4.69, 9.17) is 21.1 Å². The Bertz CT molecular complexity index is 674. The van der Waals surface area contributed by atoms with Gasteiger partial charge in [-0.1, -0.05) is 53.5 Å². The van der Waals surface area contributed by atoms with Crippen LogP contribution in [0.1, 0.15) is 31.9 Å². The summed E-state index contributed by atoms with van der Waals surface area (Å²) in [5.74, 6) is 2.12. The van der Waals surface area contributed by atoms with Gasteiger partial charge < -0.3 is 14.8 Å². The molecule has 0 unspecified atom stereocenters. The van der Waals surface area contributed by atoms with Crippen molar-refractivity contribution in [1.29, 1.82) is 0 Å². The lowest BCUT2D eigenvalue weighted by Gasteiger charge is -2.16. The molecule has 0 aliphatic rings. The molecule has 5 heteroatoms. The van der Waals surface area contributed by atoms with E-state index in [-0.39, 0.29) is 0 Å². The molecule has 2 aromatic carbocycles. The Morgan fingerprint density at radius 3 is 2.40 bits per heavy atom. The molecule has 2 rings (SSSR count). The third kappa shape index (κ3) is 6.53. The van der Waals surface area contributed by atoms with Gasteiger partial charge in [-0.3, -0.25) is 0 Å². The van der Waals surface area contributed by atoms with E-state index < -0.39 is 0 Å². The number of ether oxygens (including phenoxy) is 2. The summed E-state index contributed by atoms with van der Waals surface area (Å²) in [7, 11) is 0. The van der Waals surface area contributed by atoms with Crippen LogP contribution in [-0.2, 0) is 13.2 Å². The fourth-order valence-electron chi connectivity index (χ4n) is 2.33. The van der Waals surface area contributed by atoms with Gasteiger partial charge in [-0.25, -0.2) is 0 Å². The molecule has 0 saturated carbocycles. The van der Waals surface area contributed by atoms with Gasteiger partial charge in [0.1, 0.15) is 6.61 Å². The standard InChI is InChI=1S/C20H25BrClNO2/c1-4-24-19-9-16(12-23-11-14(2)3)18(21)10-20(19)25-13-15-5-7-17(22)8-6-15/h5-10,14,23H,4,11-13H2,1-3H3. The van der Waals surface area contributed by atoms with Crippen LogP contribution in [0.2, 0.25) is 5.02 Å². The summed E-state index contributed by atoms with van der Waals surface area (Å²) in [6.45, 7) is 9.19. The summed E-state index contributed by atoms with van der Waals surface area (Å²) < 4.78 is 12.8. The van der Waals surface area contributed by atoms with Crippen molar-refractivity contribution in [2.75, 3.05) is 13.2 Å². The van der Waals surface area contributed by atoms with Gasteiger partial charge in [-0.2, -0.15) is 0 Å². The average Bonchev–Trinajstić information content (AvgIpc) is 2.57. The van der Waals surface area contributed by atoms with Crippen molar-refractivity contribution in [2.45, 2.75) is 33.9 Å². The van der Waals surface area contributed by atoms with Crippen LogP contribution in [0.3, 0.4) is 0 Å². The fourth-order valence-corrected chi connectivity index (χ4v) is 2.92. The molecule has 1 N–H and O–H groups in total. The predicted octanol–water partition coefficient (Wildman–Crippen LogP) is 5.83. The number of nitrogens with one attached hydrogen (secondary N) is 1. The highest BCUT2D eigenvalue weighted by Crippen LogP contribution is 2.34. The van der Waals surface area contributed by atoms with E-state index in [1.807, 2.05) is 43.3 Å². The Morgan fingerprint density at radius 2 is 1.76 bits per heavy atom. The summed E-state index contributed by atoms with van der Waals surface area (Å²) in [5, 5.41) is 4.18. The van der Waals surface area contributed by atoms with Crippen LogP contribution in [0.15, 0.2) is 40.9 Å². The molecule has 25 heavy (non-hydrogen) atoms. The highest BCUT2D eigenvalue weighted by atomic mass is 79.9. The first-order valence-electron chi connectivity index (χ1n) is 8.52. The minimum atomic E-state index is 0.467. The van der Waals surface area contributed by atoms with Gasteiger partial charge in [0.2, 0.25) is 0 Å². The molecular weight excluding hydrogens is 402 g/mol. The number of halogens is 2. The molecule has 136 valence electrons. The van der Waals surface area contributed by atoms with Gasteiger partial charge in [-0.15, -0.1) is 0 Å². The zero-order valence-electron chi connectivity index (χ0n) is 14.9. The lowest BCUT2D eigenvalue weighted by Crippen LogP contribution is -2.19. The zero-order valence-corrected chi connectivity index (χ0v) is 17.3. The van der Waals surface area contributed by atoms with E-state index in [2.05, 4.69) is 35.1 Å². The Morgan fingerprint density at radius 1 is 1.08 bits per heavy atom. The normalized spacial score (nSPS) is 11.0. The van der Waals surface area contributed by atoms with Gasteiger partial charge in [0.25, 0.3) is 0 Å². The average molecular weight is 427 g/mol. The van der Waals surface area contributed by atoms with E-state index >= 15 is 0 Å². The molecule has 0 saturated heterocycles. The Labute approximate surface area is 163 Å². The highest BCUT2D eigenvalue weighted by molar-refractivity contribution is 9.10. The monoisotopic (exact) mass is 425 g/mol. The molecule has 0 radical (unpaired) electrons. The van der Waals surface area contributed by atoms with Crippen molar-refractivity contribution in [3.8, 4) is 11.5 Å². The van der Waals surface area contributed by atoms with Crippen molar-refractivity contribution in [3.05, 3.63) is 57.0 Å². The van der Waals surface area contributed by atoms with Gasteiger partial charge in [-0.05, 0) is 54.8 Å². The van der Waals surface area contributed by atoms with Gasteiger partial charge in [0.05, 0.1) is 6.61 Å². The third-order valence-corrected chi connectivity index (χ3v) is 4.58. The van der Waals surface area contributed by atoms with Crippen LogP contribution in [-0.4, -0.2) is 13.2 Å². The van der Waals surface area contributed by atoms with Crippen LogP contribution in [0.4, 0.5) is 0 Å². The van der Waals surface area contributed by atoms with Crippen molar-refractivity contribution < 1.29 is 9.47 Å². The molecule has 3 nitrogen and oxygen atoms in total. The summed E-state index contributed by atoms with van der Waals surface area (Å²) >= 11 is 9.56. The maximum Gasteiger partial charge on any atom is 0.162 e. The first kappa shape index (κ1) is 20.1. The van der Waals surface area contributed by atoms with E-state index in [0.29, 0.717) is 19.1 Å². The van der Waals surface area contributed by atoms with Crippen molar-refractivity contribution >= 4 is 27.5 Å². The summed E-state index contributed by atoms with van der Waals surface area (Å²) in [4.78, 5) is 0. The second kappa shape index (κ2) is 10.0. The Kier molecular flexibility index (Phi) is 8.07. The fraction of sp³-hybridized carbons (Fsp3) is 0.400. The zero-order chi connectivity index (χ0) is 18.2. The molecule has 0 aliphatic heterocycles. The SMILES string of the molecule is CCOc1cc(CNCC(C)C)c(Br)cc1OCc1ccc(Cl)cc1. The van der Waals surface area contributed by atoms with Crippen LogP contribution in [0.5, 0.6) is 11.5 Å². The van der Waals surface area contributed by atoms with E-state index in [0.717, 1.165) is 45.2 Å². The number of hydrogen-bond acceptors (Lipinski definition) is 3. The van der Waals surface area contributed by atoms with Gasteiger partial charge in [0.15, 0.2) is 11.5 Å². The third-order valence-electron chi connectivity index (χ3n) is 3.59. The van der Waals surface area contributed by atoms with Crippen molar-refractivity contribution in [3.63, 3.8) is 0 Å². The Hall–Kier alpha value is -1.23. The number of hydrogen-bond donors (Lipinski definition) is 1. The molecule has 0 heterocycles. The van der Waals surface area contributed by atoms with E-state index in [1.54, 1.807) is 0 Å². The molecule has 0 aliphatic carbocycles. The maximum absolute atomic E-state index is 5.98. The minimum absolute atomic E-state index is 0.467.